The summed E-state index contributed by atoms with van der Waals surface area (Å²) < 4.78 is 13.2. The number of nitriles is 1. The van der Waals surface area contributed by atoms with E-state index in [9.17, 15) is 4.39 Å². The van der Waals surface area contributed by atoms with Crippen LogP contribution in [0, 0.1) is 16.0 Å². The van der Waals surface area contributed by atoms with Gasteiger partial charge in [-0.05, 0) is 0 Å². The molecule has 0 bridgehead atoms. The van der Waals surface area contributed by atoms with Crippen molar-refractivity contribution in [3.8, 4) is 4.97 Å². The molecule has 0 aromatic heterocycles. The van der Waals surface area contributed by atoms with Gasteiger partial charge >= 0.3 is 64.1 Å². The first-order valence-electron chi connectivity index (χ1n) is 2.64. The predicted molar refractivity (Wildman–Crippen MR) is 37.4 cm³/mol. The molecule has 0 saturated heterocycles. The van der Waals surface area contributed by atoms with Crippen molar-refractivity contribution in [1.82, 2.24) is 0 Å². The van der Waals surface area contributed by atoms with Crippen molar-refractivity contribution in [2.45, 2.75) is 0 Å². The molecule has 0 atom stereocenters. The summed E-state index contributed by atoms with van der Waals surface area (Å²) in [6.45, 7) is 0. The van der Waals surface area contributed by atoms with E-state index < -0.39 is 0 Å². The minimum absolute atomic E-state index is 0.234. The zero-order valence-electron chi connectivity index (χ0n) is 5.04. The zero-order valence-corrected chi connectivity index (χ0v) is 6.76. The molecule has 0 radical (unpaired) electrons. The van der Waals surface area contributed by atoms with Gasteiger partial charge in [0.15, 0.2) is 0 Å². The second-order valence-electron chi connectivity index (χ2n) is 1.65. The molecule has 1 aromatic carbocycles. The van der Waals surface area contributed by atoms with Crippen molar-refractivity contribution in [3.05, 3.63) is 30.1 Å². The second kappa shape index (κ2) is 3.36. The zero-order chi connectivity index (χ0) is 7.40. The summed E-state index contributed by atoms with van der Waals surface area (Å²) in [6, 6.07) is 6.14. The molecule has 0 saturated carbocycles. The molecular formula is C7H4FNSe. The van der Waals surface area contributed by atoms with Gasteiger partial charge in [0.1, 0.15) is 0 Å². The van der Waals surface area contributed by atoms with Crippen LogP contribution in [0.5, 0.6) is 0 Å². The van der Waals surface area contributed by atoms with Gasteiger partial charge in [-0.25, -0.2) is 0 Å². The van der Waals surface area contributed by atoms with Crippen LogP contribution in [0.25, 0.3) is 0 Å². The van der Waals surface area contributed by atoms with Crippen molar-refractivity contribution >= 4 is 19.4 Å². The van der Waals surface area contributed by atoms with Crippen LogP contribution in [-0.4, -0.2) is 15.0 Å². The topological polar surface area (TPSA) is 23.8 Å². The molecule has 10 heavy (non-hydrogen) atoms. The third kappa shape index (κ3) is 1.84. The maximum absolute atomic E-state index is 12.4. The van der Waals surface area contributed by atoms with Crippen molar-refractivity contribution in [3.63, 3.8) is 0 Å². The standard InChI is InChI=1S/C7H4FNSe/c8-6-2-1-3-7(4-6)10-5-9/h1-4H. The Hall–Kier alpha value is -0.841. The van der Waals surface area contributed by atoms with Gasteiger partial charge in [-0.2, -0.15) is 0 Å². The Morgan fingerprint density at radius 3 is 2.90 bits per heavy atom. The Kier molecular flexibility index (Phi) is 2.44. The number of hydrogen-bond acceptors (Lipinski definition) is 1. The van der Waals surface area contributed by atoms with E-state index in [2.05, 4.69) is 0 Å². The van der Waals surface area contributed by atoms with Crippen LogP contribution in [-0.2, 0) is 0 Å². The van der Waals surface area contributed by atoms with Gasteiger partial charge in [0.25, 0.3) is 0 Å². The second-order valence-corrected chi connectivity index (χ2v) is 3.45. The summed E-state index contributed by atoms with van der Waals surface area (Å²) in [6.07, 6.45) is 0. The van der Waals surface area contributed by atoms with E-state index in [-0.39, 0.29) is 20.8 Å². The maximum atomic E-state index is 12.4. The van der Waals surface area contributed by atoms with Gasteiger partial charge in [0.2, 0.25) is 0 Å². The molecular weight excluding hydrogens is 196 g/mol. The van der Waals surface area contributed by atoms with E-state index >= 15 is 0 Å². The molecule has 0 fully saturated rings. The molecule has 0 heterocycles. The molecule has 0 unspecified atom stereocenters. The average molecular weight is 200 g/mol. The van der Waals surface area contributed by atoms with E-state index in [0.717, 1.165) is 4.46 Å². The summed E-state index contributed by atoms with van der Waals surface area (Å²) in [5.74, 6) is -0.269. The molecule has 50 valence electrons. The molecule has 0 aliphatic carbocycles. The summed E-state index contributed by atoms with van der Waals surface area (Å²) in [4.78, 5) is 2.01. The van der Waals surface area contributed by atoms with Crippen LogP contribution in [0.15, 0.2) is 24.3 Å². The number of benzene rings is 1. The van der Waals surface area contributed by atoms with Crippen LogP contribution in [0.3, 0.4) is 0 Å². The average Bonchev–Trinajstić information content (AvgIpc) is 1.88. The van der Waals surface area contributed by atoms with Crippen molar-refractivity contribution in [1.29, 1.82) is 5.26 Å². The number of nitrogens with zero attached hydrogens (tertiary/aromatic N) is 1. The first-order chi connectivity index (χ1) is 4.83. The molecule has 0 spiro atoms. The van der Waals surface area contributed by atoms with E-state index in [1.807, 2.05) is 4.97 Å². The van der Waals surface area contributed by atoms with Crippen LogP contribution in [0.1, 0.15) is 0 Å². The van der Waals surface area contributed by atoms with Crippen LogP contribution < -0.4 is 4.46 Å². The van der Waals surface area contributed by atoms with E-state index in [1.165, 1.54) is 12.1 Å². The number of rotatable bonds is 1. The molecule has 0 aliphatic heterocycles. The van der Waals surface area contributed by atoms with Gasteiger partial charge in [0.05, 0.1) is 0 Å². The summed E-state index contributed by atoms with van der Waals surface area (Å²) in [5, 5.41) is 8.27. The van der Waals surface area contributed by atoms with Crippen molar-refractivity contribution < 1.29 is 4.39 Å². The van der Waals surface area contributed by atoms with Gasteiger partial charge < -0.3 is 0 Å². The fraction of sp³-hybridized carbons (Fsp3) is 0. The van der Waals surface area contributed by atoms with Crippen LogP contribution >= 0.6 is 0 Å². The van der Waals surface area contributed by atoms with Crippen molar-refractivity contribution in [2.75, 3.05) is 0 Å². The number of halogens is 1. The fourth-order valence-electron chi connectivity index (χ4n) is 0.583. The molecule has 3 heteroatoms. The third-order valence-electron chi connectivity index (χ3n) is 0.960. The first kappa shape index (κ1) is 7.27. The van der Waals surface area contributed by atoms with Crippen LogP contribution in [0.2, 0.25) is 0 Å². The molecule has 0 N–H and O–H groups in total. The van der Waals surface area contributed by atoms with E-state index in [1.54, 1.807) is 12.1 Å². The monoisotopic (exact) mass is 201 g/mol. The number of hydrogen-bond donors (Lipinski definition) is 0. The van der Waals surface area contributed by atoms with Gasteiger partial charge in [0, 0.05) is 0 Å². The summed E-state index contributed by atoms with van der Waals surface area (Å²) in [5.41, 5.74) is 0. The SMILES string of the molecule is N#C[Se]c1cccc(F)c1. The van der Waals surface area contributed by atoms with Gasteiger partial charge in [-0.15, -0.1) is 0 Å². The molecule has 1 aromatic rings. The van der Waals surface area contributed by atoms with E-state index in [0.29, 0.717) is 0 Å². The van der Waals surface area contributed by atoms with Crippen molar-refractivity contribution in [2.24, 2.45) is 0 Å². The molecule has 0 aliphatic rings. The Morgan fingerprint density at radius 1 is 1.50 bits per heavy atom. The van der Waals surface area contributed by atoms with Gasteiger partial charge in [-0.1, -0.05) is 0 Å². The molecule has 1 rings (SSSR count). The Labute approximate surface area is 64.6 Å². The Bertz CT molecular complexity index is 267. The fourth-order valence-corrected chi connectivity index (χ4v) is 1.47. The Balaban J connectivity index is 2.87. The van der Waals surface area contributed by atoms with E-state index in [4.69, 9.17) is 5.26 Å². The Morgan fingerprint density at radius 2 is 2.30 bits per heavy atom. The third-order valence-corrected chi connectivity index (χ3v) is 2.18. The molecule has 1 nitrogen and oxygen atoms in total. The normalized spacial score (nSPS) is 8.80. The first-order valence-corrected chi connectivity index (χ1v) is 4.36. The minimum atomic E-state index is -0.269. The quantitative estimate of drug-likeness (QED) is 0.610. The summed E-state index contributed by atoms with van der Waals surface area (Å²) in [7, 11) is 0. The molecule has 0 amide bonds. The summed E-state index contributed by atoms with van der Waals surface area (Å²) >= 11 is -0.234. The van der Waals surface area contributed by atoms with Crippen LogP contribution in [0.4, 0.5) is 4.39 Å². The predicted octanol–water partition coefficient (Wildman–Crippen LogP) is 0.636. The van der Waals surface area contributed by atoms with Gasteiger partial charge in [-0.3, -0.25) is 0 Å².